The van der Waals surface area contributed by atoms with E-state index in [-0.39, 0.29) is 18.2 Å². The maximum atomic E-state index is 12.8. The number of ketones is 1. The quantitative estimate of drug-likeness (QED) is 0.832. The molecule has 1 N–H and O–H groups in total. The molecular formula is C19H26N2O4. The lowest BCUT2D eigenvalue weighted by atomic mass is 9.98. The first-order valence-electron chi connectivity index (χ1n) is 8.55. The number of ether oxygens (including phenoxy) is 1. The Morgan fingerprint density at radius 1 is 1.28 bits per heavy atom. The van der Waals surface area contributed by atoms with E-state index in [0.717, 1.165) is 5.56 Å². The third-order valence-electron chi connectivity index (χ3n) is 4.06. The van der Waals surface area contributed by atoms with Crippen LogP contribution in [-0.4, -0.2) is 47.4 Å². The molecule has 0 saturated carbocycles. The Morgan fingerprint density at radius 2 is 1.96 bits per heavy atom. The fraction of sp³-hybridized carbons (Fsp3) is 0.526. The van der Waals surface area contributed by atoms with Crippen LogP contribution >= 0.6 is 0 Å². The smallest absolute Gasteiger partial charge is 0.407 e. The molecule has 1 saturated heterocycles. The molecule has 1 atom stereocenters. The number of hydrogen-bond donors (Lipinski definition) is 1. The number of nitrogens with one attached hydrogen (secondary N) is 1. The highest BCUT2D eigenvalue weighted by Crippen LogP contribution is 2.23. The van der Waals surface area contributed by atoms with E-state index in [1.54, 1.807) is 31.7 Å². The van der Waals surface area contributed by atoms with Crippen LogP contribution in [0, 0.1) is 6.92 Å². The highest BCUT2D eigenvalue weighted by Gasteiger charge is 2.36. The molecule has 1 aromatic carbocycles. The summed E-state index contributed by atoms with van der Waals surface area (Å²) in [4.78, 5) is 38.2. The fourth-order valence-corrected chi connectivity index (χ4v) is 2.91. The van der Waals surface area contributed by atoms with Gasteiger partial charge < -0.3 is 15.0 Å². The van der Waals surface area contributed by atoms with Gasteiger partial charge in [-0.05, 0) is 39.7 Å². The number of alkyl carbamates (subject to hydrolysis) is 1. The highest BCUT2D eigenvalue weighted by atomic mass is 16.6. The number of hydrogen-bond acceptors (Lipinski definition) is 4. The minimum absolute atomic E-state index is 0.0405. The van der Waals surface area contributed by atoms with Crippen molar-refractivity contribution >= 4 is 17.8 Å². The highest BCUT2D eigenvalue weighted by molar-refractivity contribution is 6.04. The van der Waals surface area contributed by atoms with Crippen molar-refractivity contribution in [2.24, 2.45) is 0 Å². The number of benzene rings is 1. The predicted octanol–water partition coefficient (Wildman–Crippen LogP) is 2.69. The lowest BCUT2D eigenvalue weighted by molar-refractivity contribution is -0.128. The largest absolute Gasteiger partial charge is 0.444 e. The molecule has 0 spiro atoms. The number of likely N-dealkylation sites (tertiary alicyclic amines) is 1. The first-order valence-corrected chi connectivity index (χ1v) is 8.55. The van der Waals surface area contributed by atoms with Gasteiger partial charge in [0.05, 0.1) is 6.04 Å². The first kappa shape index (κ1) is 19.0. The van der Waals surface area contributed by atoms with Gasteiger partial charge in [-0.1, -0.05) is 24.3 Å². The summed E-state index contributed by atoms with van der Waals surface area (Å²) >= 11 is 0. The molecule has 1 aliphatic rings. The van der Waals surface area contributed by atoms with Gasteiger partial charge in [0, 0.05) is 25.1 Å². The SMILES string of the molecule is Cc1ccccc1C(=O)[C@@H]1CCC(=O)N1CCNC(=O)OC(C)(C)C. The van der Waals surface area contributed by atoms with Gasteiger partial charge in [-0.25, -0.2) is 4.79 Å². The Morgan fingerprint density at radius 3 is 2.60 bits per heavy atom. The van der Waals surface area contributed by atoms with Crippen molar-refractivity contribution in [3.05, 3.63) is 35.4 Å². The summed E-state index contributed by atoms with van der Waals surface area (Å²) in [7, 11) is 0. The van der Waals surface area contributed by atoms with Crippen molar-refractivity contribution in [1.29, 1.82) is 0 Å². The summed E-state index contributed by atoms with van der Waals surface area (Å²) in [6.07, 6.45) is 0.341. The average molecular weight is 346 g/mol. The number of carbonyl (C=O) groups is 3. The fourth-order valence-electron chi connectivity index (χ4n) is 2.91. The van der Waals surface area contributed by atoms with Gasteiger partial charge in [0.15, 0.2) is 5.78 Å². The van der Waals surface area contributed by atoms with Crippen LogP contribution in [0.3, 0.4) is 0 Å². The maximum Gasteiger partial charge on any atom is 0.407 e. The summed E-state index contributed by atoms with van der Waals surface area (Å²) in [6, 6.07) is 6.92. The number of amides is 2. The third kappa shape index (κ3) is 5.05. The van der Waals surface area contributed by atoms with E-state index >= 15 is 0 Å². The standard InChI is InChI=1S/C19H26N2O4/c1-13-7-5-6-8-14(13)17(23)15-9-10-16(22)21(15)12-11-20-18(24)25-19(2,3)4/h5-8,15H,9-12H2,1-4H3,(H,20,24)/t15-/m0/s1. The molecule has 1 aliphatic heterocycles. The zero-order chi connectivity index (χ0) is 18.6. The molecule has 1 fully saturated rings. The summed E-state index contributed by atoms with van der Waals surface area (Å²) in [5.41, 5.74) is 0.975. The molecular weight excluding hydrogens is 320 g/mol. The second-order valence-electron chi connectivity index (χ2n) is 7.25. The molecule has 1 aromatic rings. The summed E-state index contributed by atoms with van der Waals surface area (Å²) in [5.74, 6) is -0.0980. The molecule has 1 heterocycles. The lowest BCUT2D eigenvalue weighted by Gasteiger charge is -2.25. The molecule has 0 radical (unpaired) electrons. The predicted molar refractivity (Wildman–Crippen MR) is 94.5 cm³/mol. The van der Waals surface area contributed by atoms with Crippen molar-refractivity contribution in [3.8, 4) is 0 Å². The monoisotopic (exact) mass is 346 g/mol. The van der Waals surface area contributed by atoms with Gasteiger partial charge in [-0.2, -0.15) is 0 Å². The van der Waals surface area contributed by atoms with Crippen LogP contribution < -0.4 is 5.32 Å². The first-order chi connectivity index (χ1) is 11.7. The van der Waals surface area contributed by atoms with E-state index in [0.29, 0.717) is 24.9 Å². The normalized spacial score (nSPS) is 17.5. The van der Waals surface area contributed by atoms with Crippen LogP contribution in [0.25, 0.3) is 0 Å². The van der Waals surface area contributed by atoms with Crippen LogP contribution in [0.5, 0.6) is 0 Å². The van der Waals surface area contributed by atoms with E-state index in [1.165, 1.54) is 0 Å². The van der Waals surface area contributed by atoms with Gasteiger partial charge in [-0.15, -0.1) is 0 Å². The molecule has 6 nitrogen and oxygen atoms in total. The van der Waals surface area contributed by atoms with Crippen LogP contribution in [0.2, 0.25) is 0 Å². The molecule has 6 heteroatoms. The topological polar surface area (TPSA) is 75.7 Å². The van der Waals surface area contributed by atoms with E-state index < -0.39 is 17.7 Å². The average Bonchev–Trinajstić information content (AvgIpc) is 2.86. The number of nitrogens with zero attached hydrogens (tertiary/aromatic N) is 1. The molecule has 2 amide bonds. The third-order valence-corrected chi connectivity index (χ3v) is 4.06. The molecule has 0 aliphatic carbocycles. The van der Waals surface area contributed by atoms with Crippen molar-refractivity contribution in [2.75, 3.05) is 13.1 Å². The van der Waals surface area contributed by atoms with Crippen LogP contribution in [0.4, 0.5) is 4.79 Å². The van der Waals surface area contributed by atoms with Gasteiger partial charge in [0.25, 0.3) is 0 Å². The van der Waals surface area contributed by atoms with E-state index in [2.05, 4.69) is 5.32 Å². The lowest BCUT2D eigenvalue weighted by Crippen LogP contribution is -2.44. The number of rotatable bonds is 5. The van der Waals surface area contributed by atoms with Crippen molar-refractivity contribution in [2.45, 2.75) is 52.2 Å². The maximum absolute atomic E-state index is 12.8. The second-order valence-corrected chi connectivity index (χ2v) is 7.25. The zero-order valence-corrected chi connectivity index (χ0v) is 15.3. The molecule has 136 valence electrons. The minimum atomic E-state index is -0.573. The summed E-state index contributed by atoms with van der Waals surface area (Å²) < 4.78 is 5.17. The van der Waals surface area contributed by atoms with Crippen LogP contribution in [0.15, 0.2) is 24.3 Å². The van der Waals surface area contributed by atoms with E-state index in [1.807, 2.05) is 25.1 Å². The number of Topliss-reactive ketones (excluding diaryl/α,β-unsaturated/α-hetero) is 1. The van der Waals surface area contributed by atoms with Crippen molar-refractivity contribution in [3.63, 3.8) is 0 Å². The molecule has 2 rings (SSSR count). The molecule has 25 heavy (non-hydrogen) atoms. The second kappa shape index (κ2) is 7.68. The van der Waals surface area contributed by atoms with Crippen LogP contribution in [0.1, 0.15) is 49.5 Å². The van der Waals surface area contributed by atoms with Gasteiger partial charge in [0.2, 0.25) is 5.91 Å². The van der Waals surface area contributed by atoms with Crippen LogP contribution in [-0.2, 0) is 9.53 Å². The zero-order valence-electron chi connectivity index (χ0n) is 15.3. The van der Waals surface area contributed by atoms with Crippen molar-refractivity contribution < 1.29 is 19.1 Å². The Labute approximate surface area is 148 Å². The van der Waals surface area contributed by atoms with Crippen molar-refractivity contribution in [1.82, 2.24) is 10.2 Å². The van der Waals surface area contributed by atoms with E-state index in [9.17, 15) is 14.4 Å². The Bertz CT molecular complexity index is 664. The molecule has 0 aromatic heterocycles. The van der Waals surface area contributed by atoms with Gasteiger partial charge in [-0.3, -0.25) is 9.59 Å². The van der Waals surface area contributed by atoms with Gasteiger partial charge in [0.1, 0.15) is 5.60 Å². The summed E-state index contributed by atoms with van der Waals surface area (Å²) in [5, 5.41) is 2.63. The molecule has 0 bridgehead atoms. The Hall–Kier alpha value is -2.37. The summed E-state index contributed by atoms with van der Waals surface area (Å²) in [6.45, 7) is 7.78. The number of carbonyl (C=O) groups excluding carboxylic acids is 3. The Kier molecular flexibility index (Phi) is 5.82. The number of aryl methyl sites for hydroxylation is 1. The minimum Gasteiger partial charge on any atom is -0.444 e. The van der Waals surface area contributed by atoms with E-state index in [4.69, 9.17) is 4.74 Å². The van der Waals surface area contributed by atoms with Gasteiger partial charge >= 0.3 is 6.09 Å². The molecule has 0 unspecified atom stereocenters. The Balaban J connectivity index is 1.97.